The summed E-state index contributed by atoms with van der Waals surface area (Å²) in [5.74, 6) is 0.232. The minimum Gasteiger partial charge on any atom is -0.392 e. The minimum absolute atomic E-state index is 0.0885. The number of rotatable bonds is 5. The predicted octanol–water partition coefficient (Wildman–Crippen LogP) is 2.61. The lowest BCUT2D eigenvalue weighted by Crippen LogP contribution is -2.38. The van der Waals surface area contributed by atoms with Gasteiger partial charge in [-0.15, -0.1) is 0 Å². The molecule has 0 aliphatic heterocycles. The Labute approximate surface area is 123 Å². The SMILES string of the molecule is CC(C)C(C)N(C)S(=O)(=O)c1ccc(CO)cc1Br. The van der Waals surface area contributed by atoms with Crippen LogP contribution in [0.15, 0.2) is 27.6 Å². The number of aliphatic hydroxyl groups excluding tert-OH is 1. The van der Waals surface area contributed by atoms with Gasteiger partial charge in [0.2, 0.25) is 10.0 Å². The number of nitrogens with zero attached hydrogens (tertiary/aromatic N) is 1. The summed E-state index contributed by atoms with van der Waals surface area (Å²) in [4.78, 5) is 0.222. The van der Waals surface area contributed by atoms with Crippen molar-refractivity contribution >= 4 is 26.0 Å². The number of benzene rings is 1. The zero-order valence-electron chi connectivity index (χ0n) is 11.6. The van der Waals surface area contributed by atoms with Gasteiger partial charge in [0.25, 0.3) is 0 Å². The lowest BCUT2D eigenvalue weighted by Gasteiger charge is -2.27. The van der Waals surface area contributed by atoms with Gasteiger partial charge in [-0.2, -0.15) is 4.31 Å². The topological polar surface area (TPSA) is 57.6 Å². The van der Waals surface area contributed by atoms with Crippen LogP contribution in [0.3, 0.4) is 0 Å². The van der Waals surface area contributed by atoms with Crippen LogP contribution in [-0.2, 0) is 16.6 Å². The Kier molecular flexibility index (Phi) is 5.55. The van der Waals surface area contributed by atoms with E-state index in [9.17, 15) is 8.42 Å². The van der Waals surface area contributed by atoms with Crippen LogP contribution in [0.25, 0.3) is 0 Å². The summed E-state index contributed by atoms with van der Waals surface area (Å²) in [5.41, 5.74) is 0.672. The molecule has 0 heterocycles. The standard InChI is InChI=1S/C13H20BrNO3S/c1-9(2)10(3)15(4)19(17,18)13-6-5-11(8-16)7-12(13)14/h5-7,9-10,16H,8H2,1-4H3. The molecular formula is C13H20BrNO3S. The second-order valence-corrected chi connectivity index (χ2v) is 7.75. The van der Waals surface area contributed by atoms with Crippen molar-refractivity contribution in [1.82, 2.24) is 4.31 Å². The van der Waals surface area contributed by atoms with E-state index in [1.807, 2.05) is 20.8 Å². The summed E-state index contributed by atoms with van der Waals surface area (Å²) in [7, 11) is -1.94. The van der Waals surface area contributed by atoms with Crippen LogP contribution in [-0.4, -0.2) is 30.9 Å². The molecule has 19 heavy (non-hydrogen) atoms. The van der Waals surface area contributed by atoms with Gasteiger partial charge < -0.3 is 5.11 Å². The van der Waals surface area contributed by atoms with Crippen LogP contribution in [0.4, 0.5) is 0 Å². The Morgan fingerprint density at radius 2 is 1.89 bits per heavy atom. The number of hydrogen-bond acceptors (Lipinski definition) is 3. The monoisotopic (exact) mass is 349 g/mol. The van der Waals surface area contributed by atoms with E-state index in [1.54, 1.807) is 19.2 Å². The molecule has 1 aromatic carbocycles. The molecule has 1 atom stereocenters. The van der Waals surface area contributed by atoms with Crippen molar-refractivity contribution < 1.29 is 13.5 Å². The Balaban J connectivity index is 3.20. The van der Waals surface area contributed by atoms with E-state index < -0.39 is 10.0 Å². The lowest BCUT2D eigenvalue weighted by molar-refractivity contribution is 0.281. The molecule has 0 aliphatic carbocycles. The second kappa shape index (κ2) is 6.35. The first kappa shape index (κ1) is 16.6. The average molecular weight is 350 g/mol. The summed E-state index contributed by atoms with van der Waals surface area (Å²) < 4.78 is 26.9. The summed E-state index contributed by atoms with van der Waals surface area (Å²) in [6, 6.07) is 4.68. The van der Waals surface area contributed by atoms with Crippen LogP contribution in [0.5, 0.6) is 0 Å². The molecule has 6 heteroatoms. The van der Waals surface area contributed by atoms with Gasteiger partial charge in [0.05, 0.1) is 11.5 Å². The number of aliphatic hydroxyl groups is 1. The quantitative estimate of drug-likeness (QED) is 0.888. The zero-order chi connectivity index (χ0) is 14.8. The van der Waals surface area contributed by atoms with Gasteiger partial charge in [-0.3, -0.25) is 0 Å². The molecule has 0 spiro atoms. The van der Waals surface area contributed by atoms with E-state index in [1.165, 1.54) is 10.4 Å². The maximum Gasteiger partial charge on any atom is 0.244 e. The van der Waals surface area contributed by atoms with Crippen LogP contribution >= 0.6 is 15.9 Å². The molecule has 0 radical (unpaired) electrons. The van der Waals surface area contributed by atoms with Crippen LogP contribution in [0, 0.1) is 5.92 Å². The van der Waals surface area contributed by atoms with Gasteiger partial charge in [-0.05, 0) is 46.5 Å². The molecule has 0 saturated carbocycles. The maximum atomic E-state index is 12.5. The lowest BCUT2D eigenvalue weighted by atomic mass is 10.1. The van der Waals surface area contributed by atoms with Gasteiger partial charge >= 0.3 is 0 Å². The van der Waals surface area contributed by atoms with Crippen molar-refractivity contribution in [1.29, 1.82) is 0 Å². The van der Waals surface area contributed by atoms with E-state index in [0.717, 1.165) is 0 Å². The van der Waals surface area contributed by atoms with Crippen molar-refractivity contribution in [2.45, 2.75) is 38.3 Å². The zero-order valence-corrected chi connectivity index (χ0v) is 14.0. The van der Waals surface area contributed by atoms with Gasteiger partial charge in [-0.1, -0.05) is 19.9 Å². The van der Waals surface area contributed by atoms with E-state index in [0.29, 0.717) is 10.0 Å². The first-order chi connectivity index (χ1) is 8.71. The molecule has 0 aromatic heterocycles. The molecule has 0 amide bonds. The third-order valence-corrected chi connectivity index (χ3v) is 6.30. The fourth-order valence-electron chi connectivity index (χ4n) is 1.65. The number of sulfonamides is 1. The smallest absolute Gasteiger partial charge is 0.244 e. The van der Waals surface area contributed by atoms with Gasteiger partial charge in [0, 0.05) is 17.6 Å². The third-order valence-electron chi connectivity index (χ3n) is 3.37. The summed E-state index contributed by atoms with van der Waals surface area (Å²) in [5, 5.41) is 9.05. The second-order valence-electron chi connectivity index (χ2n) is 4.93. The molecule has 1 unspecified atom stereocenters. The Hall–Kier alpha value is -0.430. The van der Waals surface area contributed by atoms with E-state index in [2.05, 4.69) is 15.9 Å². The molecule has 0 aliphatic rings. The van der Waals surface area contributed by atoms with Gasteiger partial charge in [0.1, 0.15) is 0 Å². The summed E-state index contributed by atoms with van der Waals surface area (Å²) in [6.45, 7) is 5.75. The molecule has 1 rings (SSSR count). The largest absolute Gasteiger partial charge is 0.392 e. The Morgan fingerprint density at radius 3 is 2.32 bits per heavy atom. The molecular weight excluding hydrogens is 330 g/mol. The highest BCUT2D eigenvalue weighted by Crippen LogP contribution is 2.27. The normalized spacial score (nSPS) is 14.1. The van der Waals surface area contributed by atoms with Crippen molar-refractivity contribution in [2.24, 2.45) is 5.92 Å². The summed E-state index contributed by atoms with van der Waals surface area (Å²) >= 11 is 3.26. The summed E-state index contributed by atoms with van der Waals surface area (Å²) in [6.07, 6.45) is 0. The van der Waals surface area contributed by atoms with E-state index >= 15 is 0 Å². The molecule has 4 nitrogen and oxygen atoms in total. The fourth-order valence-corrected chi connectivity index (χ4v) is 4.22. The van der Waals surface area contributed by atoms with Crippen molar-refractivity contribution in [3.8, 4) is 0 Å². The number of halogens is 1. The van der Waals surface area contributed by atoms with E-state index in [-0.39, 0.29) is 23.5 Å². The van der Waals surface area contributed by atoms with Crippen LogP contribution in [0.2, 0.25) is 0 Å². The molecule has 1 N–H and O–H groups in total. The first-order valence-electron chi connectivity index (χ1n) is 6.09. The minimum atomic E-state index is -3.53. The van der Waals surface area contributed by atoms with E-state index in [4.69, 9.17) is 5.11 Å². The molecule has 1 aromatic rings. The highest BCUT2D eigenvalue weighted by atomic mass is 79.9. The first-order valence-corrected chi connectivity index (χ1v) is 8.32. The highest BCUT2D eigenvalue weighted by molar-refractivity contribution is 9.10. The third kappa shape index (κ3) is 3.56. The maximum absolute atomic E-state index is 12.5. The predicted molar refractivity (Wildman–Crippen MR) is 79.3 cm³/mol. The Morgan fingerprint density at radius 1 is 1.32 bits per heavy atom. The molecule has 0 saturated heterocycles. The van der Waals surface area contributed by atoms with Crippen molar-refractivity contribution in [2.75, 3.05) is 7.05 Å². The van der Waals surface area contributed by atoms with Gasteiger partial charge in [0.15, 0.2) is 0 Å². The van der Waals surface area contributed by atoms with Crippen LogP contribution in [0.1, 0.15) is 26.3 Å². The Bertz CT molecular complexity index is 543. The highest BCUT2D eigenvalue weighted by Gasteiger charge is 2.28. The van der Waals surface area contributed by atoms with Gasteiger partial charge in [-0.25, -0.2) is 8.42 Å². The average Bonchev–Trinajstić information content (AvgIpc) is 2.36. The molecule has 108 valence electrons. The molecule has 0 bridgehead atoms. The van der Waals surface area contributed by atoms with Crippen LogP contribution < -0.4 is 0 Å². The van der Waals surface area contributed by atoms with Crippen molar-refractivity contribution in [3.63, 3.8) is 0 Å². The fraction of sp³-hybridized carbons (Fsp3) is 0.538. The van der Waals surface area contributed by atoms with Crippen molar-refractivity contribution in [3.05, 3.63) is 28.2 Å². The number of hydrogen-bond donors (Lipinski definition) is 1. The molecule has 0 fully saturated rings.